The minimum atomic E-state index is -3.88. The molecule has 5 nitrogen and oxygen atoms in total. The molecule has 0 saturated heterocycles. The van der Waals surface area contributed by atoms with E-state index in [2.05, 4.69) is 4.98 Å². The predicted octanol–water partition coefficient (Wildman–Crippen LogP) is 1.40. The zero-order valence-corrected chi connectivity index (χ0v) is 12.0. The Morgan fingerprint density at radius 2 is 2.05 bits per heavy atom. The number of hydrogen-bond acceptors (Lipinski definition) is 4. The van der Waals surface area contributed by atoms with E-state index >= 15 is 0 Å². The van der Waals surface area contributed by atoms with E-state index in [9.17, 15) is 12.8 Å². The number of aliphatic hydroxyl groups excluding tert-OH is 1. The summed E-state index contributed by atoms with van der Waals surface area (Å²) in [7, 11) is -3.88. The van der Waals surface area contributed by atoms with Crippen LogP contribution >= 0.6 is 0 Å². The summed E-state index contributed by atoms with van der Waals surface area (Å²) < 4.78 is 39.3. The fraction of sp³-hybridized carbons (Fsp3) is 0.214. The van der Waals surface area contributed by atoms with Gasteiger partial charge in [0.15, 0.2) is 0 Å². The van der Waals surface area contributed by atoms with Crippen LogP contribution < -0.4 is 0 Å². The highest BCUT2D eigenvalue weighted by atomic mass is 32.2. The summed E-state index contributed by atoms with van der Waals surface area (Å²) in [4.78, 5) is 3.78. The van der Waals surface area contributed by atoms with Crippen LogP contribution in [0.5, 0.6) is 0 Å². The number of rotatable bonds is 6. The van der Waals surface area contributed by atoms with Gasteiger partial charge in [0.05, 0.1) is 11.5 Å². The van der Waals surface area contributed by atoms with E-state index in [1.54, 1.807) is 24.5 Å². The van der Waals surface area contributed by atoms with Crippen molar-refractivity contribution in [1.29, 1.82) is 0 Å². The largest absolute Gasteiger partial charge is 0.395 e. The Morgan fingerprint density at radius 3 is 2.67 bits per heavy atom. The highest BCUT2D eigenvalue weighted by Gasteiger charge is 2.24. The van der Waals surface area contributed by atoms with E-state index in [0.717, 1.165) is 10.4 Å². The van der Waals surface area contributed by atoms with E-state index in [1.165, 1.54) is 18.2 Å². The standard InChI is InChI=1S/C14H15FN2O3S/c15-13-4-1-5-14(9-13)21(19,20)17(7-8-18)11-12-3-2-6-16-10-12/h1-6,9-10,18H,7-8,11H2. The van der Waals surface area contributed by atoms with E-state index in [4.69, 9.17) is 5.11 Å². The average Bonchev–Trinajstić information content (AvgIpc) is 2.48. The summed E-state index contributed by atoms with van der Waals surface area (Å²) in [5, 5.41) is 9.08. The highest BCUT2D eigenvalue weighted by molar-refractivity contribution is 7.89. The molecule has 112 valence electrons. The molecular formula is C14H15FN2O3S. The van der Waals surface area contributed by atoms with E-state index in [0.29, 0.717) is 5.56 Å². The topological polar surface area (TPSA) is 70.5 Å². The Balaban J connectivity index is 2.32. The van der Waals surface area contributed by atoms with Gasteiger partial charge in [-0.1, -0.05) is 12.1 Å². The summed E-state index contributed by atoms with van der Waals surface area (Å²) in [6.45, 7) is -0.338. The number of aliphatic hydroxyl groups is 1. The van der Waals surface area contributed by atoms with Crippen LogP contribution in [-0.2, 0) is 16.6 Å². The van der Waals surface area contributed by atoms with E-state index < -0.39 is 15.8 Å². The molecule has 2 aromatic rings. The van der Waals surface area contributed by atoms with Gasteiger partial charge in [-0.3, -0.25) is 4.98 Å². The maximum Gasteiger partial charge on any atom is 0.243 e. The molecule has 0 aliphatic heterocycles. The van der Waals surface area contributed by atoms with Crippen molar-refractivity contribution in [2.45, 2.75) is 11.4 Å². The summed E-state index contributed by atoms with van der Waals surface area (Å²) in [6.07, 6.45) is 3.13. The van der Waals surface area contributed by atoms with Crippen molar-refractivity contribution in [3.63, 3.8) is 0 Å². The lowest BCUT2D eigenvalue weighted by atomic mass is 10.3. The van der Waals surface area contributed by atoms with Crippen molar-refractivity contribution in [3.05, 3.63) is 60.2 Å². The molecule has 0 fully saturated rings. The molecule has 0 radical (unpaired) electrons. The molecule has 21 heavy (non-hydrogen) atoms. The number of nitrogens with zero attached hydrogens (tertiary/aromatic N) is 2. The highest BCUT2D eigenvalue weighted by Crippen LogP contribution is 2.18. The van der Waals surface area contributed by atoms with Gasteiger partial charge < -0.3 is 5.11 Å². The molecule has 0 aliphatic carbocycles. The van der Waals surface area contributed by atoms with Gasteiger partial charge in [0.1, 0.15) is 5.82 Å². The average molecular weight is 310 g/mol. The molecule has 1 aromatic heterocycles. The molecule has 0 spiro atoms. The third-order valence-corrected chi connectivity index (χ3v) is 4.71. The van der Waals surface area contributed by atoms with Crippen LogP contribution in [0.3, 0.4) is 0 Å². The number of sulfonamides is 1. The van der Waals surface area contributed by atoms with Crippen molar-refractivity contribution in [2.24, 2.45) is 0 Å². The van der Waals surface area contributed by atoms with Crippen molar-refractivity contribution in [3.8, 4) is 0 Å². The van der Waals surface area contributed by atoms with Crippen molar-refractivity contribution in [1.82, 2.24) is 9.29 Å². The second-order valence-electron chi connectivity index (χ2n) is 4.38. The maximum absolute atomic E-state index is 13.2. The first kappa shape index (κ1) is 15.6. The molecule has 0 unspecified atom stereocenters. The van der Waals surface area contributed by atoms with Crippen LogP contribution in [0, 0.1) is 5.82 Å². The zero-order valence-electron chi connectivity index (χ0n) is 11.2. The third-order valence-electron chi connectivity index (χ3n) is 2.86. The Hall–Kier alpha value is -1.83. The molecule has 1 aromatic carbocycles. The lowest BCUT2D eigenvalue weighted by Crippen LogP contribution is -2.33. The second-order valence-corrected chi connectivity index (χ2v) is 6.32. The lowest BCUT2D eigenvalue weighted by molar-refractivity contribution is 0.251. The third kappa shape index (κ3) is 3.84. The molecule has 0 aliphatic rings. The number of pyridine rings is 1. The molecule has 0 atom stereocenters. The SMILES string of the molecule is O=S(=O)(c1cccc(F)c1)N(CCO)Cc1cccnc1. The van der Waals surface area contributed by atoms with E-state index in [1.807, 2.05) is 0 Å². The van der Waals surface area contributed by atoms with Gasteiger partial charge in [-0.15, -0.1) is 0 Å². The molecular weight excluding hydrogens is 295 g/mol. The van der Waals surface area contributed by atoms with Crippen molar-refractivity contribution < 1.29 is 17.9 Å². The van der Waals surface area contributed by atoms with E-state index in [-0.39, 0.29) is 24.6 Å². The molecule has 1 heterocycles. The Kier molecular flexibility index (Phi) is 5.00. The summed E-state index contributed by atoms with van der Waals surface area (Å²) >= 11 is 0. The number of halogens is 1. The van der Waals surface area contributed by atoms with Crippen LogP contribution in [-0.4, -0.2) is 36.0 Å². The summed E-state index contributed by atoms with van der Waals surface area (Å²) in [5.74, 6) is -0.624. The fourth-order valence-corrected chi connectivity index (χ4v) is 3.32. The van der Waals surface area contributed by atoms with Crippen LogP contribution in [0.15, 0.2) is 53.7 Å². The Morgan fingerprint density at radius 1 is 1.24 bits per heavy atom. The number of hydrogen-bond donors (Lipinski definition) is 1. The van der Waals surface area contributed by atoms with Gasteiger partial charge in [-0.05, 0) is 29.8 Å². The first-order valence-electron chi connectivity index (χ1n) is 6.29. The predicted molar refractivity (Wildman–Crippen MR) is 75.3 cm³/mol. The molecule has 0 amide bonds. The lowest BCUT2D eigenvalue weighted by Gasteiger charge is -2.21. The normalized spacial score (nSPS) is 11.8. The fourth-order valence-electron chi connectivity index (χ4n) is 1.87. The van der Waals surface area contributed by atoms with Gasteiger partial charge >= 0.3 is 0 Å². The first-order chi connectivity index (χ1) is 10.0. The first-order valence-corrected chi connectivity index (χ1v) is 7.73. The van der Waals surface area contributed by atoms with Gasteiger partial charge in [0.2, 0.25) is 10.0 Å². The summed E-state index contributed by atoms with van der Waals surface area (Å²) in [5.41, 5.74) is 0.686. The van der Waals surface area contributed by atoms with Crippen LogP contribution in [0.25, 0.3) is 0 Å². The van der Waals surface area contributed by atoms with Crippen LogP contribution in [0.1, 0.15) is 5.56 Å². The molecule has 7 heteroatoms. The Bertz CT molecular complexity index is 692. The van der Waals surface area contributed by atoms with Crippen LogP contribution in [0.4, 0.5) is 4.39 Å². The minimum absolute atomic E-state index is 0.0627. The summed E-state index contributed by atoms with van der Waals surface area (Å²) in [6, 6.07) is 8.23. The van der Waals surface area contributed by atoms with Gasteiger partial charge in [0, 0.05) is 25.5 Å². The maximum atomic E-state index is 13.2. The smallest absolute Gasteiger partial charge is 0.243 e. The number of aromatic nitrogens is 1. The zero-order chi connectivity index (χ0) is 15.3. The van der Waals surface area contributed by atoms with Crippen molar-refractivity contribution in [2.75, 3.05) is 13.2 Å². The quantitative estimate of drug-likeness (QED) is 0.875. The minimum Gasteiger partial charge on any atom is -0.395 e. The molecule has 2 rings (SSSR count). The van der Waals surface area contributed by atoms with Crippen molar-refractivity contribution >= 4 is 10.0 Å². The molecule has 0 saturated carbocycles. The molecule has 1 N–H and O–H groups in total. The van der Waals surface area contributed by atoms with Gasteiger partial charge in [-0.25, -0.2) is 12.8 Å². The second kappa shape index (κ2) is 6.75. The van der Waals surface area contributed by atoms with Crippen LogP contribution in [0.2, 0.25) is 0 Å². The van der Waals surface area contributed by atoms with Gasteiger partial charge in [0.25, 0.3) is 0 Å². The monoisotopic (exact) mass is 310 g/mol. The Labute approximate surface area is 122 Å². The molecule has 0 bridgehead atoms. The number of benzene rings is 1. The van der Waals surface area contributed by atoms with Gasteiger partial charge in [-0.2, -0.15) is 4.31 Å².